The number of rotatable bonds is 3. The number of hydrogen-bond acceptors (Lipinski definition) is 4. The van der Waals surface area contributed by atoms with Gasteiger partial charge < -0.3 is 9.84 Å². The minimum Gasteiger partial charge on any atom is -0.506 e. The number of carbonyl (C=O) groups is 2. The quantitative estimate of drug-likeness (QED) is 0.653. The Labute approximate surface area is 97.8 Å². The lowest BCUT2D eigenvalue weighted by Crippen LogP contribution is -2.06. The number of phenols is 1. The van der Waals surface area contributed by atoms with Crippen molar-refractivity contribution in [1.82, 2.24) is 0 Å². The van der Waals surface area contributed by atoms with Gasteiger partial charge in [-0.1, -0.05) is 18.5 Å². The van der Waals surface area contributed by atoms with Crippen LogP contribution in [0.5, 0.6) is 5.75 Å². The van der Waals surface area contributed by atoms with Crippen molar-refractivity contribution >= 4 is 23.4 Å². The van der Waals surface area contributed by atoms with Gasteiger partial charge in [-0.15, -0.1) is 0 Å². The van der Waals surface area contributed by atoms with Crippen LogP contribution in [0.2, 0.25) is 5.02 Å². The number of hydrogen-bond donors (Lipinski definition) is 1. The van der Waals surface area contributed by atoms with Crippen LogP contribution in [0.3, 0.4) is 0 Å². The Kier molecular flexibility index (Phi) is 3.90. The van der Waals surface area contributed by atoms with Crippen LogP contribution in [0.1, 0.15) is 34.1 Å². The summed E-state index contributed by atoms with van der Waals surface area (Å²) >= 11 is 5.75. The van der Waals surface area contributed by atoms with Crippen LogP contribution >= 0.6 is 11.6 Å². The first kappa shape index (κ1) is 12.5. The average Bonchev–Trinajstić information content (AvgIpc) is 2.29. The molecule has 0 atom stereocenters. The van der Waals surface area contributed by atoms with E-state index in [2.05, 4.69) is 4.74 Å². The lowest BCUT2D eigenvalue weighted by atomic mass is 10.0. The predicted octanol–water partition coefficient (Wildman–Crippen LogP) is 2.42. The molecule has 0 aliphatic heterocycles. The van der Waals surface area contributed by atoms with Crippen LogP contribution in [0.25, 0.3) is 0 Å². The molecule has 16 heavy (non-hydrogen) atoms. The van der Waals surface area contributed by atoms with Crippen LogP contribution in [0, 0.1) is 0 Å². The number of halogens is 1. The Hall–Kier alpha value is -1.55. The fraction of sp³-hybridized carbons (Fsp3) is 0.273. The van der Waals surface area contributed by atoms with E-state index in [1.807, 2.05) is 0 Å². The summed E-state index contributed by atoms with van der Waals surface area (Å²) in [6.45, 7) is 1.65. The van der Waals surface area contributed by atoms with Gasteiger partial charge in [-0.05, 0) is 12.1 Å². The van der Waals surface area contributed by atoms with Gasteiger partial charge in [0.25, 0.3) is 0 Å². The lowest BCUT2D eigenvalue weighted by Gasteiger charge is -2.07. The highest BCUT2D eigenvalue weighted by molar-refractivity contribution is 6.31. The van der Waals surface area contributed by atoms with Crippen molar-refractivity contribution in [2.24, 2.45) is 0 Å². The minimum absolute atomic E-state index is 0.0374. The van der Waals surface area contributed by atoms with E-state index in [4.69, 9.17) is 11.6 Å². The highest BCUT2D eigenvalue weighted by Crippen LogP contribution is 2.28. The van der Waals surface area contributed by atoms with Crippen LogP contribution < -0.4 is 0 Å². The summed E-state index contributed by atoms with van der Waals surface area (Å²) in [5, 5.41) is 9.94. The molecule has 1 N–H and O–H groups in total. The van der Waals surface area contributed by atoms with Gasteiger partial charge in [-0.2, -0.15) is 0 Å². The summed E-state index contributed by atoms with van der Waals surface area (Å²) in [7, 11) is 1.18. The average molecular weight is 243 g/mol. The molecule has 0 spiro atoms. The third kappa shape index (κ3) is 2.33. The van der Waals surface area contributed by atoms with E-state index in [1.165, 1.54) is 19.2 Å². The first-order chi connectivity index (χ1) is 7.51. The normalized spacial score (nSPS) is 9.94. The van der Waals surface area contributed by atoms with Crippen LogP contribution in [0.4, 0.5) is 0 Å². The smallest absolute Gasteiger partial charge is 0.341 e. The van der Waals surface area contributed by atoms with Crippen molar-refractivity contribution in [2.45, 2.75) is 13.3 Å². The summed E-state index contributed by atoms with van der Waals surface area (Å²) < 4.78 is 4.47. The standard InChI is InChI=1S/C11H11ClO4/c1-3-9(13)7-4-6(12)5-8(10(7)14)11(15)16-2/h4-5,14H,3H2,1-2H3. The van der Waals surface area contributed by atoms with Crippen molar-refractivity contribution in [2.75, 3.05) is 7.11 Å². The summed E-state index contributed by atoms with van der Waals surface area (Å²) in [4.78, 5) is 22.8. The molecule has 4 nitrogen and oxygen atoms in total. The second-order valence-corrected chi connectivity index (χ2v) is 3.55. The molecule has 0 aromatic heterocycles. The van der Waals surface area contributed by atoms with Crippen molar-refractivity contribution in [3.63, 3.8) is 0 Å². The molecule has 1 aromatic rings. The van der Waals surface area contributed by atoms with Gasteiger partial charge in [-0.3, -0.25) is 4.79 Å². The zero-order chi connectivity index (χ0) is 12.3. The molecule has 0 saturated carbocycles. The number of Topliss-reactive ketones (excluding diaryl/α,β-unsaturated/α-hetero) is 1. The second kappa shape index (κ2) is 4.99. The van der Waals surface area contributed by atoms with E-state index >= 15 is 0 Å². The Morgan fingerprint density at radius 3 is 2.44 bits per heavy atom. The Bertz CT molecular complexity index is 403. The maximum absolute atomic E-state index is 11.5. The number of esters is 1. The fourth-order valence-electron chi connectivity index (χ4n) is 1.27. The van der Waals surface area contributed by atoms with E-state index in [1.54, 1.807) is 6.92 Å². The van der Waals surface area contributed by atoms with Gasteiger partial charge in [-0.25, -0.2) is 4.79 Å². The molecule has 0 fully saturated rings. The third-order valence-electron chi connectivity index (χ3n) is 2.10. The summed E-state index contributed by atoms with van der Waals surface area (Å²) in [6.07, 6.45) is 0.217. The van der Waals surface area contributed by atoms with Crippen LogP contribution in [-0.4, -0.2) is 24.0 Å². The molecular weight excluding hydrogens is 232 g/mol. The van der Waals surface area contributed by atoms with E-state index in [9.17, 15) is 14.7 Å². The molecule has 86 valence electrons. The van der Waals surface area contributed by atoms with Crippen molar-refractivity contribution in [1.29, 1.82) is 0 Å². The molecular formula is C11H11ClO4. The van der Waals surface area contributed by atoms with E-state index in [0.29, 0.717) is 0 Å². The Morgan fingerprint density at radius 2 is 1.94 bits per heavy atom. The fourth-order valence-corrected chi connectivity index (χ4v) is 1.49. The van der Waals surface area contributed by atoms with Crippen molar-refractivity contribution in [3.8, 4) is 5.75 Å². The maximum Gasteiger partial charge on any atom is 0.341 e. The molecule has 0 unspecified atom stereocenters. The topological polar surface area (TPSA) is 63.6 Å². The van der Waals surface area contributed by atoms with Crippen molar-refractivity contribution in [3.05, 3.63) is 28.3 Å². The molecule has 0 aliphatic carbocycles. The van der Waals surface area contributed by atoms with Gasteiger partial charge >= 0.3 is 5.97 Å². The third-order valence-corrected chi connectivity index (χ3v) is 2.32. The zero-order valence-electron chi connectivity index (χ0n) is 8.91. The van der Waals surface area contributed by atoms with Crippen LogP contribution in [0.15, 0.2) is 12.1 Å². The lowest BCUT2D eigenvalue weighted by molar-refractivity contribution is 0.0597. The minimum atomic E-state index is -0.731. The van der Waals surface area contributed by atoms with Crippen LogP contribution in [-0.2, 0) is 4.74 Å². The SMILES string of the molecule is CCC(=O)c1cc(Cl)cc(C(=O)OC)c1O. The van der Waals surface area contributed by atoms with Gasteiger partial charge in [0, 0.05) is 11.4 Å². The number of ketones is 1. The first-order valence-corrected chi connectivity index (χ1v) is 5.03. The van der Waals surface area contributed by atoms with E-state index in [0.717, 1.165) is 0 Å². The molecule has 0 radical (unpaired) electrons. The number of benzene rings is 1. The summed E-state index contributed by atoms with van der Waals surface area (Å²) in [6, 6.07) is 2.59. The summed E-state index contributed by atoms with van der Waals surface area (Å²) in [5.74, 6) is -1.40. The van der Waals surface area contributed by atoms with Gasteiger partial charge in [0.1, 0.15) is 11.3 Å². The van der Waals surface area contributed by atoms with Gasteiger partial charge in [0.2, 0.25) is 0 Å². The van der Waals surface area contributed by atoms with E-state index < -0.39 is 5.97 Å². The molecule has 0 bridgehead atoms. The summed E-state index contributed by atoms with van der Waals surface area (Å²) in [5.41, 5.74) is -0.0674. The monoisotopic (exact) mass is 242 g/mol. The molecule has 0 aliphatic rings. The molecule has 0 heterocycles. The molecule has 1 aromatic carbocycles. The number of phenolic OH excluding ortho intramolecular Hbond substituents is 1. The van der Waals surface area contributed by atoms with Gasteiger partial charge in [0.05, 0.1) is 12.7 Å². The highest BCUT2D eigenvalue weighted by Gasteiger charge is 2.19. The molecule has 0 amide bonds. The van der Waals surface area contributed by atoms with Crippen molar-refractivity contribution < 1.29 is 19.4 Å². The zero-order valence-corrected chi connectivity index (χ0v) is 9.67. The van der Waals surface area contributed by atoms with E-state index in [-0.39, 0.29) is 34.1 Å². The predicted molar refractivity (Wildman–Crippen MR) is 59.1 cm³/mol. The number of ether oxygens (including phenoxy) is 1. The number of aromatic hydroxyl groups is 1. The first-order valence-electron chi connectivity index (χ1n) is 4.65. The van der Waals surface area contributed by atoms with Gasteiger partial charge in [0.15, 0.2) is 5.78 Å². The second-order valence-electron chi connectivity index (χ2n) is 3.12. The Balaban J connectivity index is 3.37. The maximum atomic E-state index is 11.5. The molecule has 0 saturated heterocycles. The highest BCUT2D eigenvalue weighted by atomic mass is 35.5. The number of methoxy groups -OCH3 is 1. The molecule has 1 rings (SSSR count). The largest absolute Gasteiger partial charge is 0.506 e. The molecule has 5 heteroatoms. The number of carbonyl (C=O) groups excluding carboxylic acids is 2. The Morgan fingerprint density at radius 1 is 1.38 bits per heavy atom.